The van der Waals surface area contributed by atoms with Crippen molar-refractivity contribution in [1.82, 2.24) is 35.7 Å². The minimum atomic E-state index is -0.838. The number of hydrogen-bond acceptors (Lipinski definition) is 8. The van der Waals surface area contributed by atoms with E-state index in [2.05, 4.69) is 69.2 Å². The molecule has 13 nitrogen and oxygen atoms in total. The number of hydrogen-bond donors (Lipinski definition) is 4. The van der Waals surface area contributed by atoms with E-state index in [-0.39, 0.29) is 41.9 Å². The third-order valence-corrected chi connectivity index (χ3v) is 12.5. The number of alkyl carbamates (subject to hydrolysis) is 2. The molecule has 1 aromatic heterocycles. The van der Waals surface area contributed by atoms with E-state index >= 15 is 0 Å². The van der Waals surface area contributed by atoms with E-state index in [0.29, 0.717) is 13.1 Å². The van der Waals surface area contributed by atoms with Gasteiger partial charge in [0.1, 0.15) is 23.1 Å². The number of benzene rings is 2. The number of allylic oxidation sites excluding steroid dienone is 4. The van der Waals surface area contributed by atoms with Crippen LogP contribution >= 0.6 is 0 Å². The van der Waals surface area contributed by atoms with Gasteiger partial charge in [-0.3, -0.25) is 14.5 Å². The third kappa shape index (κ3) is 11.9. The summed E-state index contributed by atoms with van der Waals surface area (Å²) in [6.07, 6.45) is 15.5. The Hall–Kier alpha value is -5.69. The summed E-state index contributed by atoms with van der Waals surface area (Å²) in [5, 5.41) is 9.31. The van der Waals surface area contributed by atoms with Gasteiger partial charge in [0.2, 0.25) is 11.8 Å². The van der Waals surface area contributed by atoms with Crippen LogP contribution in [0.3, 0.4) is 0 Å². The molecule has 7 rings (SSSR count). The minimum Gasteiger partial charge on any atom is -0.444 e. The summed E-state index contributed by atoms with van der Waals surface area (Å²) in [4.78, 5) is 66.2. The van der Waals surface area contributed by atoms with Gasteiger partial charge in [0.05, 0.1) is 30.0 Å². The molecule has 6 atom stereocenters. The third-order valence-electron chi connectivity index (χ3n) is 12.5. The zero-order valence-electron chi connectivity index (χ0n) is 38.6. The van der Waals surface area contributed by atoms with Crippen LogP contribution in [0.2, 0.25) is 0 Å². The van der Waals surface area contributed by atoms with E-state index in [4.69, 9.17) is 14.5 Å². The van der Waals surface area contributed by atoms with Crippen LogP contribution in [-0.2, 0) is 19.1 Å². The van der Waals surface area contributed by atoms with E-state index in [1.54, 1.807) is 0 Å². The van der Waals surface area contributed by atoms with Crippen molar-refractivity contribution < 1.29 is 28.7 Å². The largest absolute Gasteiger partial charge is 0.444 e. The molecule has 4 amide bonds. The first kappa shape index (κ1) is 46.3. The summed E-state index contributed by atoms with van der Waals surface area (Å²) in [5.74, 6) is 0.705. The van der Waals surface area contributed by atoms with Crippen LogP contribution in [-0.4, -0.2) is 92.7 Å². The molecule has 342 valence electrons. The summed E-state index contributed by atoms with van der Waals surface area (Å²) in [6, 6.07) is 16.7. The Bertz CT molecular complexity index is 2220. The fraction of sp³-hybridized carbons (Fsp3) is 0.510. The molecule has 3 heterocycles. The molecule has 2 aromatic carbocycles. The Morgan fingerprint density at radius 3 is 2.20 bits per heavy atom. The first-order valence-corrected chi connectivity index (χ1v) is 23.1. The van der Waals surface area contributed by atoms with Crippen LogP contribution in [0.1, 0.15) is 129 Å². The number of rotatable bonds is 12. The summed E-state index contributed by atoms with van der Waals surface area (Å²) in [7, 11) is 0. The van der Waals surface area contributed by atoms with Gasteiger partial charge in [0, 0.05) is 19.1 Å². The summed E-state index contributed by atoms with van der Waals surface area (Å²) in [5.41, 5.74) is 4.80. The Labute approximate surface area is 378 Å². The molecule has 2 aliphatic heterocycles. The molecule has 2 aliphatic carbocycles. The van der Waals surface area contributed by atoms with Gasteiger partial charge in [0.25, 0.3) is 0 Å². The number of nitrogens with zero attached hydrogens (tertiary/aromatic N) is 3. The van der Waals surface area contributed by atoms with E-state index in [9.17, 15) is 19.2 Å². The predicted molar refractivity (Wildman–Crippen MR) is 249 cm³/mol. The molecule has 13 heteroatoms. The number of ether oxygens (including phenoxy) is 2. The Morgan fingerprint density at radius 2 is 1.53 bits per heavy atom. The lowest BCUT2D eigenvalue weighted by Crippen LogP contribution is -2.51. The first-order valence-electron chi connectivity index (χ1n) is 23.1. The van der Waals surface area contributed by atoms with Crippen LogP contribution in [0.5, 0.6) is 0 Å². The Morgan fingerprint density at radius 1 is 0.844 bits per heavy atom. The molecular formula is C51H67N7O6. The number of likely N-dealkylation sites (tertiary alicyclic amines) is 2. The molecule has 0 saturated carbocycles. The van der Waals surface area contributed by atoms with Crippen molar-refractivity contribution in [3.05, 3.63) is 108 Å². The highest BCUT2D eigenvalue weighted by Gasteiger charge is 2.40. The average Bonchev–Trinajstić information content (AvgIpc) is 4.04. The smallest absolute Gasteiger partial charge is 0.408 e. The van der Waals surface area contributed by atoms with Gasteiger partial charge in [-0.15, -0.1) is 0 Å². The lowest BCUT2D eigenvalue weighted by Gasteiger charge is -2.32. The number of imidazole rings is 1. The van der Waals surface area contributed by atoms with Crippen LogP contribution < -0.4 is 16.0 Å². The second kappa shape index (κ2) is 20.0. The fourth-order valence-electron chi connectivity index (χ4n) is 9.32. The van der Waals surface area contributed by atoms with E-state index < -0.39 is 29.4 Å². The highest BCUT2D eigenvalue weighted by atomic mass is 16.6. The number of aromatic nitrogens is 2. The summed E-state index contributed by atoms with van der Waals surface area (Å²) in [6.45, 7) is 14.9. The highest BCUT2D eigenvalue weighted by Crippen LogP contribution is 2.35. The zero-order valence-corrected chi connectivity index (χ0v) is 38.6. The molecule has 2 saturated heterocycles. The van der Waals surface area contributed by atoms with Gasteiger partial charge in [0.15, 0.2) is 0 Å². The van der Waals surface area contributed by atoms with Crippen molar-refractivity contribution in [3.63, 3.8) is 0 Å². The molecule has 4 N–H and O–H groups in total. The monoisotopic (exact) mass is 874 g/mol. The van der Waals surface area contributed by atoms with Gasteiger partial charge < -0.3 is 35.3 Å². The van der Waals surface area contributed by atoms with Crippen LogP contribution in [0.4, 0.5) is 9.59 Å². The van der Waals surface area contributed by atoms with Crippen molar-refractivity contribution in [2.24, 2.45) is 5.92 Å². The average molecular weight is 874 g/mol. The summed E-state index contributed by atoms with van der Waals surface area (Å²) < 4.78 is 11.2. The molecule has 64 heavy (non-hydrogen) atoms. The number of carbonyl (C=O) groups excluding carboxylic acids is 4. The Kier molecular flexibility index (Phi) is 14.5. The Balaban J connectivity index is 0.950. The fourth-order valence-corrected chi connectivity index (χ4v) is 9.32. The van der Waals surface area contributed by atoms with E-state index in [1.165, 1.54) is 5.57 Å². The van der Waals surface area contributed by atoms with Gasteiger partial charge in [-0.05, 0) is 133 Å². The standard InChI is InChI=1S/C51H67N7O6/c1-33-15-11-12-18-39(33)44(56-49(62)64-51(5,6)7)47(60)58-30-14-19-42(58)45-52-31-40(54-45)37-23-21-34(22-24-37)35-25-27-38(28-26-35)53-46(59)43-20-13-29-57(43)32-41(36-16-9-8-10-17-36)55-48(61)63-50(2,3)4/h8-12,16-18,21-25,31,33,38,41-44H,13-15,19-20,26-30,32H2,1-7H3,(H,52,54)(H,53,59)(H,55,61)(H,56,62)/t33?,38?,41-,42?,43?,44-/m1/s1. The van der Waals surface area contributed by atoms with Crippen molar-refractivity contribution in [3.8, 4) is 11.3 Å². The topological polar surface area (TPSA) is 158 Å². The summed E-state index contributed by atoms with van der Waals surface area (Å²) >= 11 is 0. The maximum absolute atomic E-state index is 14.3. The number of nitrogens with one attached hydrogen (secondary N) is 4. The SMILES string of the molecule is CC1CC=CC=C1[C@@H](NC(=O)OC(C)(C)C)C(=O)N1CCCC1c1ncc(-c2ccc(C3=CCC(NC(=O)C4CCCN4C[C@@H](NC(=O)OC(C)(C)C)c4ccccc4)CC3)cc2)[nH]1. The predicted octanol–water partition coefficient (Wildman–Crippen LogP) is 8.94. The number of amides is 4. The lowest BCUT2D eigenvalue weighted by atomic mass is 9.87. The highest BCUT2D eigenvalue weighted by molar-refractivity contribution is 5.89. The number of aromatic amines is 1. The van der Waals surface area contributed by atoms with Crippen LogP contribution in [0, 0.1) is 5.92 Å². The first-order chi connectivity index (χ1) is 30.5. The second-order valence-electron chi connectivity index (χ2n) is 19.7. The van der Waals surface area contributed by atoms with Crippen molar-refractivity contribution >= 4 is 29.6 Å². The maximum atomic E-state index is 14.3. The molecular weight excluding hydrogens is 807 g/mol. The van der Waals surface area contributed by atoms with Crippen LogP contribution in [0.25, 0.3) is 16.8 Å². The number of carbonyl (C=O) groups is 4. The van der Waals surface area contributed by atoms with E-state index in [0.717, 1.165) is 91.7 Å². The van der Waals surface area contributed by atoms with Crippen molar-refractivity contribution in [1.29, 1.82) is 0 Å². The molecule has 0 spiro atoms. The number of H-pyrrole nitrogens is 1. The van der Waals surface area contributed by atoms with Gasteiger partial charge in [-0.2, -0.15) is 0 Å². The molecule has 2 fully saturated rings. The second-order valence-corrected chi connectivity index (χ2v) is 19.7. The molecule has 4 unspecified atom stereocenters. The molecule has 0 bridgehead atoms. The quantitative estimate of drug-likeness (QED) is 0.141. The minimum absolute atomic E-state index is 0.0442. The van der Waals surface area contributed by atoms with Crippen molar-refractivity contribution in [2.75, 3.05) is 19.6 Å². The maximum Gasteiger partial charge on any atom is 0.408 e. The normalized spacial score (nSPS) is 22.5. The zero-order chi connectivity index (χ0) is 45.6. The molecule has 3 aromatic rings. The van der Waals surface area contributed by atoms with Gasteiger partial charge >= 0.3 is 12.2 Å². The lowest BCUT2D eigenvalue weighted by molar-refractivity contribution is -0.133. The molecule has 0 radical (unpaired) electrons. The van der Waals surface area contributed by atoms with Crippen molar-refractivity contribution in [2.45, 2.75) is 141 Å². The molecule has 4 aliphatic rings. The van der Waals surface area contributed by atoms with Crippen LogP contribution in [0.15, 0.2) is 90.7 Å². The van der Waals surface area contributed by atoms with E-state index in [1.807, 2.05) is 95.1 Å². The van der Waals surface area contributed by atoms with Gasteiger partial charge in [-0.25, -0.2) is 14.6 Å². The van der Waals surface area contributed by atoms with Gasteiger partial charge in [-0.1, -0.05) is 85.8 Å².